The van der Waals surface area contributed by atoms with Gasteiger partial charge in [0.2, 0.25) is 0 Å². The van der Waals surface area contributed by atoms with Gasteiger partial charge in [0.25, 0.3) is 0 Å². The molecule has 1 heterocycles. The lowest BCUT2D eigenvalue weighted by Crippen LogP contribution is -2.02. The number of nitrogens with one attached hydrogen (secondary N) is 1. The lowest BCUT2D eigenvalue weighted by molar-refractivity contribution is 0.316. The summed E-state index contributed by atoms with van der Waals surface area (Å²) in [7, 11) is 0. The molecule has 0 aliphatic rings. The van der Waals surface area contributed by atoms with Gasteiger partial charge in [-0.3, -0.25) is 4.98 Å². The molecule has 0 saturated carbocycles. The molecule has 118 valence electrons. The van der Waals surface area contributed by atoms with E-state index in [1.54, 1.807) is 18.5 Å². The maximum absolute atomic E-state index is 9.99. The lowest BCUT2D eigenvalue weighted by atomic mass is 10.0. The average molecular weight is 300 g/mol. The van der Waals surface area contributed by atoms with Gasteiger partial charge in [-0.15, -0.1) is 0 Å². The van der Waals surface area contributed by atoms with Gasteiger partial charge < -0.3 is 15.2 Å². The summed E-state index contributed by atoms with van der Waals surface area (Å²) >= 11 is 0. The molecule has 1 aromatic carbocycles. The molecule has 4 nitrogen and oxygen atoms in total. The van der Waals surface area contributed by atoms with Crippen LogP contribution in [-0.4, -0.2) is 16.7 Å². The van der Waals surface area contributed by atoms with Crippen molar-refractivity contribution in [2.45, 2.75) is 39.7 Å². The van der Waals surface area contributed by atoms with Crippen LogP contribution in [0.25, 0.3) is 0 Å². The molecule has 0 radical (unpaired) electrons. The van der Waals surface area contributed by atoms with Crippen LogP contribution in [-0.2, 0) is 6.54 Å². The molecule has 2 N–H and O–H groups in total. The van der Waals surface area contributed by atoms with Crippen LogP contribution in [0.15, 0.2) is 36.7 Å². The Morgan fingerprint density at radius 1 is 1.23 bits per heavy atom. The first-order chi connectivity index (χ1) is 10.6. The molecular formula is C18H24N2O2. The fourth-order valence-electron chi connectivity index (χ4n) is 2.12. The largest absolute Gasteiger partial charge is 0.508 e. The van der Waals surface area contributed by atoms with E-state index in [0.717, 1.165) is 23.4 Å². The normalized spacial score (nSPS) is 10.7. The highest BCUT2D eigenvalue weighted by Crippen LogP contribution is 2.24. The van der Waals surface area contributed by atoms with Crippen LogP contribution < -0.4 is 10.1 Å². The second-order valence-electron chi connectivity index (χ2n) is 5.65. The molecule has 2 aromatic rings. The monoisotopic (exact) mass is 300 g/mol. The SMILES string of the molecule is CCCOc1cncc(NCc2cc(C(C)C)ccc2O)c1. The highest BCUT2D eigenvalue weighted by atomic mass is 16.5. The quantitative estimate of drug-likeness (QED) is 0.800. The molecule has 0 aliphatic carbocycles. The Balaban J connectivity index is 2.05. The van der Waals surface area contributed by atoms with E-state index in [1.165, 1.54) is 5.56 Å². The van der Waals surface area contributed by atoms with E-state index in [0.29, 0.717) is 24.8 Å². The zero-order valence-electron chi connectivity index (χ0n) is 13.5. The molecule has 4 heteroatoms. The Labute approximate surface area is 132 Å². The molecule has 0 saturated heterocycles. The molecular weight excluding hydrogens is 276 g/mol. The van der Waals surface area contributed by atoms with Crippen LogP contribution in [0, 0.1) is 0 Å². The van der Waals surface area contributed by atoms with Gasteiger partial charge in [0, 0.05) is 18.2 Å². The minimum Gasteiger partial charge on any atom is -0.508 e. The van der Waals surface area contributed by atoms with Crippen LogP contribution in [0.1, 0.15) is 44.2 Å². The fraction of sp³-hybridized carbons (Fsp3) is 0.389. The number of nitrogens with zero attached hydrogens (tertiary/aromatic N) is 1. The highest BCUT2D eigenvalue weighted by molar-refractivity contribution is 5.47. The van der Waals surface area contributed by atoms with E-state index < -0.39 is 0 Å². The standard InChI is InChI=1S/C18H24N2O2/c1-4-7-22-17-9-16(11-19-12-17)20-10-15-8-14(13(2)3)5-6-18(15)21/h5-6,8-9,11-13,20-21H,4,7,10H2,1-3H3. The molecule has 0 unspecified atom stereocenters. The summed E-state index contributed by atoms with van der Waals surface area (Å²) in [6.45, 7) is 7.58. The first-order valence-electron chi connectivity index (χ1n) is 7.73. The second kappa shape index (κ2) is 7.69. The third kappa shape index (κ3) is 4.38. The number of rotatable bonds is 7. The summed E-state index contributed by atoms with van der Waals surface area (Å²) in [4.78, 5) is 4.17. The van der Waals surface area contributed by atoms with E-state index in [1.807, 2.05) is 18.2 Å². The van der Waals surface area contributed by atoms with E-state index in [4.69, 9.17) is 4.74 Å². The van der Waals surface area contributed by atoms with Gasteiger partial charge in [0.1, 0.15) is 11.5 Å². The number of aromatic hydroxyl groups is 1. The Kier molecular flexibility index (Phi) is 5.64. The van der Waals surface area contributed by atoms with Gasteiger partial charge in [-0.25, -0.2) is 0 Å². The van der Waals surface area contributed by atoms with E-state index in [2.05, 4.69) is 31.1 Å². The highest BCUT2D eigenvalue weighted by Gasteiger charge is 2.06. The summed E-state index contributed by atoms with van der Waals surface area (Å²) in [5.74, 6) is 1.50. The Bertz CT molecular complexity index is 612. The van der Waals surface area contributed by atoms with Crippen molar-refractivity contribution in [1.29, 1.82) is 0 Å². The predicted molar refractivity (Wildman–Crippen MR) is 89.5 cm³/mol. The van der Waals surface area contributed by atoms with Crippen molar-refractivity contribution in [2.24, 2.45) is 0 Å². The van der Waals surface area contributed by atoms with Crippen molar-refractivity contribution in [2.75, 3.05) is 11.9 Å². The van der Waals surface area contributed by atoms with Crippen molar-refractivity contribution >= 4 is 5.69 Å². The first-order valence-corrected chi connectivity index (χ1v) is 7.73. The van der Waals surface area contributed by atoms with Crippen molar-refractivity contribution < 1.29 is 9.84 Å². The molecule has 0 spiro atoms. The topological polar surface area (TPSA) is 54.4 Å². The summed E-state index contributed by atoms with van der Waals surface area (Å²) in [5.41, 5.74) is 2.97. The number of phenolic OH excluding ortho intramolecular Hbond substituents is 1. The van der Waals surface area contributed by atoms with Gasteiger partial charge in [0.15, 0.2) is 0 Å². The number of anilines is 1. The minimum atomic E-state index is 0.309. The van der Waals surface area contributed by atoms with Crippen LogP contribution in [0.4, 0.5) is 5.69 Å². The maximum Gasteiger partial charge on any atom is 0.139 e. The summed E-state index contributed by atoms with van der Waals surface area (Å²) < 4.78 is 5.57. The minimum absolute atomic E-state index is 0.309. The van der Waals surface area contributed by atoms with Crippen molar-refractivity contribution in [3.05, 3.63) is 47.8 Å². The predicted octanol–water partition coefficient (Wildman–Crippen LogP) is 4.31. The fourth-order valence-corrected chi connectivity index (χ4v) is 2.12. The number of aromatic nitrogens is 1. The Hall–Kier alpha value is -2.23. The number of ether oxygens (including phenoxy) is 1. The van der Waals surface area contributed by atoms with Gasteiger partial charge >= 0.3 is 0 Å². The molecule has 1 aromatic heterocycles. The van der Waals surface area contributed by atoms with E-state index in [-0.39, 0.29) is 0 Å². The van der Waals surface area contributed by atoms with Crippen molar-refractivity contribution in [1.82, 2.24) is 4.98 Å². The Morgan fingerprint density at radius 3 is 2.77 bits per heavy atom. The summed E-state index contributed by atoms with van der Waals surface area (Å²) in [5, 5.41) is 13.3. The lowest BCUT2D eigenvalue weighted by Gasteiger charge is -2.12. The van der Waals surface area contributed by atoms with Crippen molar-refractivity contribution in [3.8, 4) is 11.5 Å². The molecule has 0 amide bonds. The maximum atomic E-state index is 9.99. The molecule has 0 atom stereocenters. The molecule has 0 bridgehead atoms. The number of benzene rings is 1. The molecule has 22 heavy (non-hydrogen) atoms. The van der Waals surface area contributed by atoms with Crippen LogP contribution in [0.5, 0.6) is 11.5 Å². The summed E-state index contributed by atoms with van der Waals surface area (Å²) in [6, 6.07) is 7.68. The molecule has 0 fully saturated rings. The molecule has 0 aliphatic heterocycles. The van der Waals surface area contributed by atoms with Crippen LogP contribution in [0.3, 0.4) is 0 Å². The number of pyridine rings is 1. The number of phenols is 1. The third-order valence-corrected chi connectivity index (χ3v) is 3.44. The van der Waals surface area contributed by atoms with Gasteiger partial charge in [-0.05, 0) is 24.0 Å². The zero-order valence-corrected chi connectivity index (χ0v) is 13.5. The van der Waals surface area contributed by atoms with Crippen LogP contribution >= 0.6 is 0 Å². The van der Waals surface area contributed by atoms with E-state index >= 15 is 0 Å². The summed E-state index contributed by atoms with van der Waals surface area (Å²) in [6.07, 6.45) is 4.42. The van der Waals surface area contributed by atoms with Gasteiger partial charge in [-0.2, -0.15) is 0 Å². The zero-order chi connectivity index (χ0) is 15.9. The van der Waals surface area contributed by atoms with Gasteiger partial charge in [0.05, 0.1) is 24.7 Å². The third-order valence-electron chi connectivity index (χ3n) is 3.44. The number of hydrogen-bond donors (Lipinski definition) is 2. The van der Waals surface area contributed by atoms with E-state index in [9.17, 15) is 5.11 Å². The van der Waals surface area contributed by atoms with Crippen molar-refractivity contribution in [3.63, 3.8) is 0 Å². The molecule has 2 rings (SSSR count). The average Bonchev–Trinajstić information content (AvgIpc) is 2.52. The first kappa shape index (κ1) is 16.1. The second-order valence-corrected chi connectivity index (χ2v) is 5.65. The number of hydrogen-bond acceptors (Lipinski definition) is 4. The smallest absolute Gasteiger partial charge is 0.139 e. The van der Waals surface area contributed by atoms with Gasteiger partial charge in [-0.1, -0.05) is 32.9 Å². The Morgan fingerprint density at radius 2 is 2.05 bits per heavy atom. The van der Waals surface area contributed by atoms with Crippen LogP contribution in [0.2, 0.25) is 0 Å².